The lowest BCUT2D eigenvalue weighted by Gasteiger charge is -2.38. The summed E-state index contributed by atoms with van der Waals surface area (Å²) < 4.78 is 0. The largest absolute Gasteiger partial charge is 0.308 e. The SMILES string of the molecule is CC(C)CN(CCN(C)C)CC1(C=O)CCCCC1. The van der Waals surface area contributed by atoms with E-state index in [-0.39, 0.29) is 5.41 Å². The maximum Gasteiger partial charge on any atom is 0.127 e. The quantitative estimate of drug-likeness (QED) is 0.632. The van der Waals surface area contributed by atoms with E-state index in [1.165, 1.54) is 25.5 Å². The smallest absolute Gasteiger partial charge is 0.127 e. The fraction of sp³-hybridized carbons (Fsp3) is 0.938. The van der Waals surface area contributed by atoms with Gasteiger partial charge in [0.15, 0.2) is 0 Å². The minimum Gasteiger partial charge on any atom is -0.308 e. The van der Waals surface area contributed by atoms with E-state index in [4.69, 9.17) is 0 Å². The van der Waals surface area contributed by atoms with Crippen LogP contribution in [-0.4, -0.2) is 56.4 Å². The summed E-state index contributed by atoms with van der Waals surface area (Å²) in [5.74, 6) is 0.662. The summed E-state index contributed by atoms with van der Waals surface area (Å²) in [5.41, 5.74) is -0.0561. The Kier molecular flexibility index (Phi) is 7.01. The standard InChI is InChI=1S/C16H32N2O/c1-15(2)12-18(11-10-17(3)4)13-16(14-19)8-6-5-7-9-16/h14-15H,5-13H2,1-4H3. The van der Waals surface area contributed by atoms with Gasteiger partial charge in [0.1, 0.15) is 6.29 Å². The molecule has 0 amide bonds. The Morgan fingerprint density at radius 2 is 1.74 bits per heavy atom. The number of nitrogens with zero attached hydrogens (tertiary/aromatic N) is 2. The predicted octanol–water partition coefficient (Wildman–Crippen LogP) is 2.66. The van der Waals surface area contributed by atoms with Gasteiger partial charge in [-0.2, -0.15) is 0 Å². The monoisotopic (exact) mass is 268 g/mol. The molecule has 0 radical (unpaired) electrons. The van der Waals surface area contributed by atoms with Crippen LogP contribution in [0.3, 0.4) is 0 Å². The highest BCUT2D eigenvalue weighted by Crippen LogP contribution is 2.35. The minimum atomic E-state index is -0.0561. The molecule has 112 valence electrons. The Morgan fingerprint density at radius 3 is 2.21 bits per heavy atom. The van der Waals surface area contributed by atoms with Crippen LogP contribution in [0.15, 0.2) is 0 Å². The minimum absolute atomic E-state index is 0.0561. The van der Waals surface area contributed by atoms with Crippen molar-refractivity contribution in [2.24, 2.45) is 11.3 Å². The molecule has 0 saturated heterocycles. The molecule has 0 bridgehead atoms. The van der Waals surface area contributed by atoms with Crippen molar-refractivity contribution in [1.82, 2.24) is 9.80 Å². The van der Waals surface area contributed by atoms with Gasteiger partial charge in [0.05, 0.1) is 0 Å². The Labute approximate surface area is 119 Å². The lowest BCUT2D eigenvalue weighted by atomic mass is 9.75. The summed E-state index contributed by atoms with van der Waals surface area (Å²) in [6.07, 6.45) is 7.19. The first-order chi connectivity index (χ1) is 8.97. The zero-order valence-electron chi connectivity index (χ0n) is 13.3. The van der Waals surface area contributed by atoms with Crippen molar-refractivity contribution in [3.05, 3.63) is 0 Å². The molecule has 0 N–H and O–H groups in total. The Bertz CT molecular complexity index is 257. The van der Waals surface area contributed by atoms with Gasteiger partial charge < -0.3 is 14.6 Å². The molecule has 1 aliphatic carbocycles. The normalized spacial score (nSPS) is 19.3. The number of aldehydes is 1. The Balaban J connectivity index is 2.59. The molecule has 3 nitrogen and oxygen atoms in total. The molecule has 1 rings (SSSR count). The van der Waals surface area contributed by atoms with E-state index in [2.05, 4.69) is 37.7 Å². The van der Waals surface area contributed by atoms with E-state index in [9.17, 15) is 4.79 Å². The summed E-state index contributed by atoms with van der Waals surface area (Å²) in [4.78, 5) is 16.3. The van der Waals surface area contributed by atoms with Gasteiger partial charge in [0.25, 0.3) is 0 Å². The number of hydrogen-bond acceptors (Lipinski definition) is 3. The average Bonchev–Trinajstić information content (AvgIpc) is 2.36. The van der Waals surface area contributed by atoms with E-state index in [0.717, 1.165) is 39.0 Å². The van der Waals surface area contributed by atoms with E-state index in [0.29, 0.717) is 5.92 Å². The second-order valence-electron chi connectivity index (χ2n) is 6.97. The van der Waals surface area contributed by atoms with Crippen LogP contribution in [0.25, 0.3) is 0 Å². The highest BCUT2D eigenvalue weighted by molar-refractivity contribution is 5.60. The summed E-state index contributed by atoms with van der Waals surface area (Å²) in [6.45, 7) is 8.72. The van der Waals surface area contributed by atoms with Gasteiger partial charge in [0.2, 0.25) is 0 Å². The fourth-order valence-corrected chi connectivity index (χ4v) is 3.11. The van der Waals surface area contributed by atoms with Gasteiger partial charge in [-0.1, -0.05) is 33.1 Å². The molecule has 1 fully saturated rings. The molecule has 1 aliphatic rings. The van der Waals surface area contributed by atoms with E-state index in [1.807, 2.05) is 0 Å². The summed E-state index contributed by atoms with van der Waals surface area (Å²) in [6, 6.07) is 0. The van der Waals surface area contributed by atoms with Gasteiger partial charge >= 0.3 is 0 Å². The highest BCUT2D eigenvalue weighted by atomic mass is 16.1. The summed E-state index contributed by atoms with van der Waals surface area (Å²) in [5, 5.41) is 0. The highest BCUT2D eigenvalue weighted by Gasteiger charge is 2.33. The number of carbonyl (C=O) groups is 1. The fourth-order valence-electron chi connectivity index (χ4n) is 3.11. The zero-order valence-corrected chi connectivity index (χ0v) is 13.3. The van der Waals surface area contributed by atoms with Gasteiger partial charge in [-0.05, 0) is 32.9 Å². The van der Waals surface area contributed by atoms with Crippen molar-refractivity contribution < 1.29 is 4.79 Å². The number of hydrogen-bond donors (Lipinski definition) is 0. The third-order valence-corrected chi connectivity index (χ3v) is 4.12. The zero-order chi connectivity index (χ0) is 14.3. The van der Waals surface area contributed by atoms with Gasteiger partial charge in [0, 0.05) is 31.6 Å². The third kappa shape index (κ3) is 6.05. The Hall–Kier alpha value is -0.410. The molecule has 19 heavy (non-hydrogen) atoms. The molecule has 0 unspecified atom stereocenters. The molecule has 1 saturated carbocycles. The van der Waals surface area contributed by atoms with Crippen molar-refractivity contribution in [3.63, 3.8) is 0 Å². The maximum absolute atomic E-state index is 11.6. The van der Waals surface area contributed by atoms with Crippen LogP contribution < -0.4 is 0 Å². The van der Waals surface area contributed by atoms with Crippen LogP contribution >= 0.6 is 0 Å². The topological polar surface area (TPSA) is 23.6 Å². The van der Waals surface area contributed by atoms with Crippen molar-refractivity contribution in [2.75, 3.05) is 40.3 Å². The van der Waals surface area contributed by atoms with Crippen LogP contribution in [-0.2, 0) is 4.79 Å². The summed E-state index contributed by atoms with van der Waals surface area (Å²) in [7, 11) is 4.23. The van der Waals surface area contributed by atoms with Crippen molar-refractivity contribution in [1.29, 1.82) is 0 Å². The van der Waals surface area contributed by atoms with Crippen LogP contribution in [0.5, 0.6) is 0 Å². The number of likely N-dealkylation sites (N-methyl/N-ethyl adjacent to an activating group) is 1. The molecule has 0 aromatic carbocycles. The van der Waals surface area contributed by atoms with Crippen molar-refractivity contribution in [3.8, 4) is 0 Å². The summed E-state index contributed by atoms with van der Waals surface area (Å²) >= 11 is 0. The second kappa shape index (κ2) is 8.01. The maximum atomic E-state index is 11.6. The first-order valence-electron chi connectivity index (χ1n) is 7.81. The molecule has 0 aliphatic heterocycles. The lowest BCUT2D eigenvalue weighted by Crippen LogP contribution is -2.44. The molecular formula is C16H32N2O. The molecule has 0 atom stereocenters. The molecule has 0 heterocycles. The van der Waals surface area contributed by atoms with Crippen LogP contribution in [0.4, 0.5) is 0 Å². The van der Waals surface area contributed by atoms with E-state index in [1.54, 1.807) is 0 Å². The molecule has 0 spiro atoms. The predicted molar refractivity (Wildman–Crippen MR) is 81.4 cm³/mol. The van der Waals surface area contributed by atoms with E-state index < -0.39 is 0 Å². The van der Waals surface area contributed by atoms with Crippen LogP contribution in [0.1, 0.15) is 46.0 Å². The number of rotatable bonds is 8. The molecule has 3 heteroatoms. The first kappa shape index (κ1) is 16.6. The molecule has 0 aromatic rings. The van der Waals surface area contributed by atoms with Crippen molar-refractivity contribution >= 4 is 6.29 Å². The average molecular weight is 268 g/mol. The van der Waals surface area contributed by atoms with E-state index >= 15 is 0 Å². The van der Waals surface area contributed by atoms with Crippen LogP contribution in [0.2, 0.25) is 0 Å². The third-order valence-electron chi connectivity index (χ3n) is 4.12. The van der Waals surface area contributed by atoms with Crippen LogP contribution in [0, 0.1) is 11.3 Å². The lowest BCUT2D eigenvalue weighted by molar-refractivity contribution is -0.119. The molecular weight excluding hydrogens is 236 g/mol. The molecule has 0 aromatic heterocycles. The second-order valence-corrected chi connectivity index (χ2v) is 6.97. The van der Waals surface area contributed by atoms with Gasteiger partial charge in [-0.15, -0.1) is 0 Å². The number of carbonyl (C=O) groups excluding carboxylic acids is 1. The van der Waals surface area contributed by atoms with Gasteiger partial charge in [-0.25, -0.2) is 0 Å². The van der Waals surface area contributed by atoms with Gasteiger partial charge in [-0.3, -0.25) is 0 Å². The Morgan fingerprint density at radius 1 is 1.11 bits per heavy atom. The first-order valence-corrected chi connectivity index (χ1v) is 7.81. The van der Waals surface area contributed by atoms with Crippen molar-refractivity contribution in [2.45, 2.75) is 46.0 Å².